The maximum atomic E-state index is 13.9. The minimum Gasteiger partial charge on any atom is -0.260 e. The topological polar surface area (TPSA) is 43.4 Å². The lowest BCUT2D eigenvalue weighted by Gasteiger charge is -2.17. The maximum Gasteiger partial charge on any atom is 0.297 e. The van der Waals surface area contributed by atoms with E-state index in [2.05, 4.69) is 4.18 Å². The summed E-state index contributed by atoms with van der Waals surface area (Å²) in [5, 5.41) is 0.219. The Balaban J connectivity index is 2.22. The standard InChI is InChI=1S/C14H8ClF5O3S/c15-9-1-3-10(4-2-9)24(21,22)23-7-14(19,20)8-5-11(16)13(18)12(17)6-8/h1-6H,7H2. The first kappa shape index (κ1) is 18.6. The molecule has 0 radical (unpaired) electrons. The third-order valence-corrected chi connectivity index (χ3v) is 4.43. The van der Waals surface area contributed by atoms with E-state index in [1.54, 1.807) is 0 Å². The summed E-state index contributed by atoms with van der Waals surface area (Å²) in [5.41, 5.74) is -1.26. The van der Waals surface area contributed by atoms with Gasteiger partial charge in [-0.1, -0.05) is 11.6 Å². The average molecular weight is 387 g/mol. The van der Waals surface area contributed by atoms with Crippen LogP contribution in [0.15, 0.2) is 41.3 Å². The van der Waals surface area contributed by atoms with Gasteiger partial charge in [-0.15, -0.1) is 0 Å². The molecule has 0 saturated heterocycles. The molecule has 0 unspecified atom stereocenters. The van der Waals surface area contributed by atoms with Crippen LogP contribution in [0.1, 0.15) is 5.56 Å². The zero-order chi connectivity index (χ0) is 18.1. The van der Waals surface area contributed by atoms with Gasteiger partial charge in [0.05, 0.1) is 4.90 Å². The van der Waals surface area contributed by atoms with Gasteiger partial charge in [0.25, 0.3) is 16.0 Å². The van der Waals surface area contributed by atoms with Crippen LogP contribution >= 0.6 is 11.6 Å². The third kappa shape index (κ3) is 4.03. The van der Waals surface area contributed by atoms with E-state index in [9.17, 15) is 30.4 Å². The van der Waals surface area contributed by atoms with Crippen molar-refractivity contribution in [3.8, 4) is 0 Å². The zero-order valence-electron chi connectivity index (χ0n) is 11.6. The molecule has 0 aliphatic rings. The molecule has 0 aromatic heterocycles. The molecule has 0 N–H and O–H groups in total. The quantitative estimate of drug-likeness (QED) is 0.438. The van der Waals surface area contributed by atoms with E-state index in [1.807, 2.05) is 0 Å². The summed E-state index contributed by atoms with van der Waals surface area (Å²) >= 11 is 5.58. The van der Waals surface area contributed by atoms with Crippen molar-refractivity contribution in [2.45, 2.75) is 10.8 Å². The Bertz CT molecular complexity index is 830. The van der Waals surface area contributed by atoms with Gasteiger partial charge >= 0.3 is 0 Å². The van der Waals surface area contributed by atoms with Gasteiger partial charge in [0.15, 0.2) is 17.5 Å². The smallest absolute Gasteiger partial charge is 0.260 e. The summed E-state index contributed by atoms with van der Waals surface area (Å²) in [6, 6.07) is 4.62. The molecule has 0 heterocycles. The summed E-state index contributed by atoms with van der Waals surface area (Å²) in [5.74, 6) is -9.64. The number of hydrogen-bond donors (Lipinski definition) is 0. The fraction of sp³-hybridized carbons (Fsp3) is 0.143. The first-order chi connectivity index (χ1) is 11.0. The van der Waals surface area contributed by atoms with Crippen molar-refractivity contribution in [2.24, 2.45) is 0 Å². The highest BCUT2D eigenvalue weighted by Crippen LogP contribution is 2.31. The first-order valence-electron chi connectivity index (χ1n) is 6.21. The average Bonchev–Trinajstić information content (AvgIpc) is 2.51. The number of hydrogen-bond acceptors (Lipinski definition) is 3. The molecule has 0 atom stereocenters. The molecular weight excluding hydrogens is 379 g/mol. The van der Waals surface area contributed by atoms with E-state index in [-0.39, 0.29) is 17.2 Å². The number of alkyl halides is 2. The van der Waals surface area contributed by atoms with Crippen LogP contribution in [-0.4, -0.2) is 15.0 Å². The van der Waals surface area contributed by atoms with Gasteiger partial charge in [0, 0.05) is 10.6 Å². The molecule has 0 saturated carbocycles. The van der Waals surface area contributed by atoms with Gasteiger partial charge in [-0.05, 0) is 36.4 Å². The van der Waals surface area contributed by atoms with Gasteiger partial charge < -0.3 is 0 Å². The predicted octanol–water partition coefficient (Wildman–Crippen LogP) is 4.25. The molecule has 24 heavy (non-hydrogen) atoms. The Morgan fingerprint density at radius 3 is 2.00 bits per heavy atom. The third-order valence-electron chi connectivity index (χ3n) is 2.90. The van der Waals surface area contributed by atoms with E-state index in [4.69, 9.17) is 11.6 Å². The Kier molecular flexibility index (Phi) is 5.17. The van der Waals surface area contributed by atoms with E-state index in [0.29, 0.717) is 0 Å². The number of rotatable bonds is 5. The molecular formula is C14H8ClF5O3S. The molecule has 0 aliphatic heterocycles. The Hall–Kier alpha value is -1.71. The van der Waals surface area contributed by atoms with Gasteiger partial charge in [-0.3, -0.25) is 4.18 Å². The van der Waals surface area contributed by atoms with Crippen LogP contribution in [0, 0.1) is 17.5 Å². The van der Waals surface area contributed by atoms with Crippen LogP contribution in [0.5, 0.6) is 0 Å². The lowest BCUT2D eigenvalue weighted by atomic mass is 10.1. The Morgan fingerprint density at radius 1 is 1.00 bits per heavy atom. The fourth-order valence-corrected chi connectivity index (χ4v) is 2.71. The number of halogens is 6. The zero-order valence-corrected chi connectivity index (χ0v) is 13.1. The summed E-state index contributed by atoms with van der Waals surface area (Å²) < 4.78 is 94.5. The van der Waals surface area contributed by atoms with Crippen molar-refractivity contribution < 1.29 is 34.6 Å². The van der Waals surface area contributed by atoms with Crippen molar-refractivity contribution in [2.75, 3.05) is 6.61 Å². The molecule has 10 heteroatoms. The summed E-state index contributed by atoms with van der Waals surface area (Å²) in [6.45, 7) is -1.72. The van der Waals surface area contributed by atoms with Gasteiger partial charge in [-0.25, -0.2) is 13.2 Å². The molecule has 130 valence electrons. The summed E-state index contributed by atoms with van der Waals surface area (Å²) in [6.07, 6.45) is 0. The maximum absolute atomic E-state index is 13.9. The largest absolute Gasteiger partial charge is 0.297 e. The van der Waals surface area contributed by atoms with Crippen LogP contribution in [-0.2, 0) is 20.2 Å². The van der Waals surface area contributed by atoms with Crippen molar-refractivity contribution in [3.05, 3.63) is 64.4 Å². The van der Waals surface area contributed by atoms with E-state index < -0.39 is 50.6 Å². The molecule has 0 amide bonds. The molecule has 0 aliphatic carbocycles. The summed E-state index contributed by atoms with van der Waals surface area (Å²) in [7, 11) is -4.55. The SMILES string of the molecule is O=S(=O)(OCC(F)(F)c1cc(F)c(F)c(F)c1)c1ccc(Cl)cc1. The second-order valence-electron chi connectivity index (χ2n) is 4.63. The predicted molar refractivity (Wildman–Crippen MR) is 74.8 cm³/mol. The van der Waals surface area contributed by atoms with Crippen molar-refractivity contribution >= 4 is 21.7 Å². The molecule has 3 nitrogen and oxygen atoms in total. The monoisotopic (exact) mass is 386 g/mol. The van der Waals surface area contributed by atoms with Gasteiger partial charge in [0.1, 0.15) is 6.61 Å². The molecule has 2 rings (SSSR count). The first-order valence-corrected chi connectivity index (χ1v) is 7.99. The normalized spacial score (nSPS) is 12.4. The van der Waals surface area contributed by atoms with Crippen LogP contribution in [0.4, 0.5) is 22.0 Å². The highest BCUT2D eigenvalue weighted by atomic mass is 35.5. The highest BCUT2D eigenvalue weighted by molar-refractivity contribution is 7.86. The molecule has 2 aromatic carbocycles. The second-order valence-corrected chi connectivity index (χ2v) is 6.68. The summed E-state index contributed by atoms with van der Waals surface area (Å²) in [4.78, 5) is -0.431. The van der Waals surface area contributed by atoms with Crippen LogP contribution in [0.3, 0.4) is 0 Å². The van der Waals surface area contributed by atoms with Crippen LogP contribution in [0.2, 0.25) is 5.02 Å². The van der Waals surface area contributed by atoms with Gasteiger partial charge in [0.2, 0.25) is 0 Å². The minimum atomic E-state index is -4.55. The lowest BCUT2D eigenvalue weighted by Crippen LogP contribution is -2.24. The van der Waals surface area contributed by atoms with Crippen molar-refractivity contribution in [1.29, 1.82) is 0 Å². The van der Waals surface area contributed by atoms with E-state index >= 15 is 0 Å². The fourth-order valence-electron chi connectivity index (χ4n) is 1.67. The Morgan fingerprint density at radius 2 is 1.50 bits per heavy atom. The van der Waals surface area contributed by atoms with Crippen molar-refractivity contribution in [3.63, 3.8) is 0 Å². The van der Waals surface area contributed by atoms with Crippen LogP contribution in [0.25, 0.3) is 0 Å². The van der Waals surface area contributed by atoms with Crippen LogP contribution < -0.4 is 0 Å². The van der Waals surface area contributed by atoms with E-state index in [1.165, 1.54) is 12.1 Å². The molecule has 0 fully saturated rings. The highest BCUT2D eigenvalue weighted by Gasteiger charge is 2.36. The number of benzene rings is 2. The van der Waals surface area contributed by atoms with E-state index in [0.717, 1.165) is 12.1 Å². The molecule has 0 bridgehead atoms. The molecule has 2 aromatic rings. The minimum absolute atomic E-state index is 0.0662. The Labute approximate surface area is 138 Å². The molecule has 0 spiro atoms. The van der Waals surface area contributed by atoms with Crippen molar-refractivity contribution in [1.82, 2.24) is 0 Å². The second kappa shape index (κ2) is 6.66. The van der Waals surface area contributed by atoms with Gasteiger partial charge in [-0.2, -0.15) is 17.2 Å². The lowest BCUT2D eigenvalue weighted by molar-refractivity contribution is -0.0455.